The van der Waals surface area contributed by atoms with Gasteiger partial charge in [0.15, 0.2) is 0 Å². The zero-order chi connectivity index (χ0) is 9.68. The summed E-state index contributed by atoms with van der Waals surface area (Å²) in [6, 6.07) is 0.417. The van der Waals surface area contributed by atoms with E-state index in [4.69, 9.17) is 0 Å². The molecule has 1 rings (SSSR count). The van der Waals surface area contributed by atoms with E-state index in [0.717, 1.165) is 13.1 Å². The molecule has 0 spiro atoms. The summed E-state index contributed by atoms with van der Waals surface area (Å²) in [6.07, 6.45) is 5.22. The van der Waals surface area contributed by atoms with Crippen molar-refractivity contribution in [3.05, 3.63) is 18.0 Å². The molecule has 0 radical (unpaired) electrons. The van der Waals surface area contributed by atoms with Crippen molar-refractivity contribution in [2.75, 3.05) is 6.54 Å². The quantitative estimate of drug-likeness (QED) is 0.752. The van der Waals surface area contributed by atoms with Crippen LogP contribution in [0.15, 0.2) is 12.4 Å². The van der Waals surface area contributed by atoms with Crippen LogP contribution in [0.3, 0.4) is 0 Å². The van der Waals surface area contributed by atoms with E-state index in [-0.39, 0.29) is 0 Å². The highest BCUT2D eigenvalue weighted by Gasteiger charge is 2.05. The van der Waals surface area contributed by atoms with E-state index >= 15 is 0 Å². The summed E-state index contributed by atoms with van der Waals surface area (Å²) in [5, 5.41) is 7.67. The first kappa shape index (κ1) is 10.3. The van der Waals surface area contributed by atoms with Gasteiger partial charge in [-0.1, -0.05) is 6.92 Å². The van der Waals surface area contributed by atoms with Gasteiger partial charge in [0, 0.05) is 24.3 Å². The van der Waals surface area contributed by atoms with E-state index < -0.39 is 0 Å². The Labute approximate surface area is 80.1 Å². The monoisotopic (exact) mass is 181 g/mol. The predicted molar refractivity (Wildman–Crippen MR) is 54.6 cm³/mol. The van der Waals surface area contributed by atoms with Crippen LogP contribution in [0.25, 0.3) is 0 Å². The minimum atomic E-state index is 0.417. The van der Waals surface area contributed by atoms with Crippen molar-refractivity contribution in [3.63, 3.8) is 0 Å². The molecule has 0 bridgehead atoms. The normalized spacial score (nSPS) is 13.2. The van der Waals surface area contributed by atoms with Crippen molar-refractivity contribution < 1.29 is 0 Å². The van der Waals surface area contributed by atoms with Crippen LogP contribution in [0.1, 0.15) is 38.8 Å². The molecule has 1 aromatic rings. The predicted octanol–water partition coefficient (Wildman–Crippen LogP) is 1.96. The second-order valence-electron chi connectivity index (χ2n) is 3.31. The molecule has 1 atom stereocenters. The Bertz CT molecular complexity index is 242. The van der Waals surface area contributed by atoms with E-state index in [2.05, 4.69) is 37.4 Å². The molecule has 0 fully saturated rings. The molecule has 0 amide bonds. The van der Waals surface area contributed by atoms with E-state index in [0.29, 0.717) is 6.04 Å². The highest BCUT2D eigenvalue weighted by molar-refractivity contribution is 5.08. The van der Waals surface area contributed by atoms with Gasteiger partial charge >= 0.3 is 0 Å². The summed E-state index contributed by atoms with van der Waals surface area (Å²) in [5.41, 5.74) is 1.27. The van der Waals surface area contributed by atoms with Gasteiger partial charge < -0.3 is 5.32 Å². The molecule has 0 saturated heterocycles. The van der Waals surface area contributed by atoms with Crippen molar-refractivity contribution in [3.8, 4) is 0 Å². The van der Waals surface area contributed by atoms with Gasteiger partial charge in [-0.15, -0.1) is 0 Å². The van der Waals surface area contributed by atoms with Crippen LogP contribution < -0.4 is 5.32 Å². The fourth-order valence-corrected chi connectivity index (χ4v) is 1.25. The first-order valence-corrected chi connectivity index (χ1v) is 5.03. The third kappa shape index (κ3) is 2.84. The lowest BCUT2D eigenvalue weighted by atomic mass is 10.2. The lowest BCUT2D eigenvalue weighted by Gasteiger charge is -2.10. The molecule has 3 nitrogen and oxygen atoms in total. The second-order valence-corrected chi connectivity index (χ2v) is 3.31. The SMILES string of the molecule is CCCNC(C)c1cnn(CC)c1. The van der Waals surface area contributed by atoms with Crippen molar-refractivity contribution in [2.24, 2.45) is 0 Å². The number of nitrogens with zero attached hydrogens (tertiary/aromatic N) is 2. The van der Waals surface area contributed by atoms with Gasteiger partial charge in [-0.25, -0.2) is 0 Å². The fourth-order valence-electron chi connectivity index (χ4n) is 1.25. The number of hydrogen-bond acceptors (Lipinski definition) is 2. The highest BCUT2D eigenvalue weighted by Crippen LogP contribution is 2.10. The molecule has 0 aliphatic heterocycles. The zero-order valence-electron chi connectivity index (χ0n) is 8.75. The summed E-state index contributed by atoms with van der Waals surface area (Å²) in [7, 11) is 0. The number of aromatic nitrogens is 2. The lowest BCUT2D eigenvalue weighted by molar-refractivity contribution is 0.569. The largest absolute Gasteiger partial charge is 0.310 e. The molecule has 0 saturated carbocycles. The first-order valence-electron chi connectivity index (χ1n) is 5.03. The van der Waals surface area contributed by atoms with Crippen LogP contribution >= 0.6 is 0 Å². The summed E-state index contributed by atoms with van der Waals surface area (Å²) in [4.78, 5) is 0. The smallest absolute Gasteiger partial charge is 0.0537 e. The third-order valence-corrected chi connectivity index (χ3v) is 2.18. The molecule has 3 heteroatoms. The van der Waals surface area contributed by atoms with Gasteiger partial charge in [0.2, 0.25) is 0 Å². The topological polar surface area (TPSA) is 29.9 Å². The maximum Gasteiger partial charge on any atom is 0.0537 e. The minimum Gasteiger partial charge on any atom is -0.310 e. The van der Waals surface area contributed by atoms with Crippen LogP contribution in [0.4, 0.5) is 0 Å². The van der Waals surface area contributed by atoms with Crippen LogP contribution in [-0.4, -0.2) is 16.3 Å². The standard InChI is InChI=1S/C10H19N3/c1-4-6-11-9(3)10-7-12-13(5-2)8-10/h7-9,11H,4-6H2,1-3H3. The maximum atomic E-state index is 4.24. The fraction of sp³-hybridized carbons (Fsp3) is 0.700. The van der Waals surface area contributed by atoms with Crippen molar-refractivity contribution >= 4 is 0 Å². The molecule has 74 valence electrons. The molecule has 0 aliphatic carbocycles. The molecule has 0 aliphatic rings. The maximum absolute atomic E-state index is 4.24. The number of nitrogens with one attached hydrogen (secondary N) is 1. The molecule has 1 aromatic heterocycles. The molecule has 0 aromatic carbocycles. The van der Waals surface area contributed by atoms with Crippen LogP contribution in [0, 0.1) is 0 Å². The first-order chi connectivity index (χ1) is 6.27. The zero-order valence-corrected chi connectivity index (χ0v) is 8.75. The summed E-state index contributed by atoms with van der Waals surface area (Å²) in [6.45, 7) is 8.46. The van der Waals surface area contributed by atoms with Gasteiger partial charge in [0.05, 0.1) is 6.20 Å². The highest BCUT2D eigenvalue weighted by atomic mass is 15.3. The number of hydrogen-bond donors (Lipinski definition) is 1. The molecular formula is C10H19N3. The van der Waals surface area contributed by atoms with Crippen LogP contribution in [0.5, 0.6) is 0 Å². The Kier molecular flexibility index (Phi) is 3.96. The van der Waals surface area contributed by atoms with Gasteiger partial charge in [-0.05, 0) is 26.8 Å². The van der Waals surface area contributed by atoms with Crippen molar-refractivity contribution in [1.82, 2.24) is 15.1 Å². The Hall–Kier alpha value is -0.830. The van der Waals surface area contributed by atoms with E-state index in [1.54, 1.807) is 0 Å². The average Bonchev–Trinajstić information content (AvgIpc) is 2.62. The Morgan fingerprint density at radius 2 is 2.31 bits per heavy atom. The number of aryl methyl sites for hydroxylation is 1. The molecule has 1 unspecified atom stereocenters. The Morgan fingerprint density at radius 3 is 2.85 bits per heavy atom. The Balaban J connectivity index is 2.50. The van der Waals surface area contributed by atoms with Gasteiger partial charge in [0.1, 0.15) is 0 Å². The van der Waals surface area contributed by atoms with Crippen molar-refractivity contribution in [2.45, 2.75) is 39.8 Å². The average molecular weight is 181 g/mol. The van der Waals surface area contributed by atoms with Gasteiger partial charge in [0.25, 0.3) is 0 Å². The summed E-state index contributed by atoms with van der Waals surface area (Å²) in [5.74, 6) is 0. The van der Waals surface area contributed by atoms with Crippen molar-refractivity contribution in [1.29, 1.82) is 0 Å². The Morgan fingerprint density at radius 1 is 1.54 bits per heavy atom. The summed E-state index contributed by atoms with van der Waals surface area (Å²) >= 11 is 0. The lowest BCUT2D eigenvalue weighted by Crippen LogP contribution is -2.18. The molecular weight excluding hydrogens is 162 g/mol. The molecule has 13 heavy (non-hydrogen) atoms. The number of rotatable bonds is 5. The minimum absolute atomic E-state index is 0.417. The van der Waals surface area contributed by atoms with E-state index in [1.807, 2.05) is 10.9 Å². The molecule has 1 heterocycles. The van der Waals surface area contributed by atoms with Crippen LogP contribution in [-0.2, 0) is 6.54 Å². The molecule has 1 N–H and O–H groups in total. The summed E-state index contributed by atoms with van der Waals surface area (Å²) < 4.78 is 1.96. The third-order valence-electron chi connectivity index (χ3n) is 2.18. The van der Waals surface area contributed by atoms with E-state index in [1.165, 1.54) is 12.0 Å². The van der Waals surface area contributed by atoms with Gasteiger partial charge in [-0.3, -0.25) is 4.68 Å². The van der Waals surface area contributed by atoms with E-state index in [9.17, 15) is 0 Å². The van der Waals surface area contributed by atoms with Crippen LogP contribution in [0.2, 0.25) is 0 Å². The second kappa shape index (κ2) is 5.02. The van der Waals surface area contributed by atoms with Gasteiger partial charge in [-0.2, -0.15) is 5.10 Å².